The lowest BCUT2D eigenvalue weighted by atomic mass is 9.72. The summed E-state index contributed by atoms with van der Waals surface area (Å²) < 4.78 is 95.0. The molecular formula is C41H43Cl2F6N3O6. The molecule has 1 N–H and O–H groups in total. The summed E-state index contributed by atoms with van der Waals surface area (Å²) in [5, 5.41) is 9.41. The lowest BCUT2D eigenvalue weighted by molar-refractivity contribution is -0.143. The zero-order valence-electron chi connectivity index (χ0n) is 31.6. The highest BCUT2D eigenvalue weighted by molar-refractivity contribution is 6.42. The van der Waals surface area contributed by atoms with Crippen molar-refractivity contribution in [2.24, 2.45) is 0 Å². The number of rotatable bonds is 12. The van der Waals surface area contributed by atoms with Gasteiger partial charge < -0.3 is 29.3 Å². The molecule has 6 rings (SSSR count). The maximum absolute atomic E-state index is 13.8. The molecule has 1 spiro atoms. The van der Waals surface area contributed by atoms with Crippen LogP contribution < -0.4 is 0 Å². The Morgan fingerprint density at radius 1 is 0.931 bits per heavy atom. The van der Waals surface area contributed by atoms with Gasteiger partial charge in [0.2, 0.25) is 5.91 Å². The van der Waals surface area contributed by atoms with Gasteiger partial charge in [-0.15, -0.1) is 0 Å². The van der Waals surface area contributed by atoms with Gasteiger partial charge in [0.05, 0.1) is 40.4 Å². The van der Waals surface area contributed by atoms with E-state index in [1.807, 2.05) is 12.1 Å². The zero-order chi connectivity index (χ0) is 42.0. The molecule has 3 aromatic rings. The summed E-state index contributed by atoms with van der Waals surface area (Å²) in [5.74, 6) is -2.17. The van der Waals surface area contributed by atoms with Crippen LogP contribution in [0.5, 0.6) is 0 Å². The van der Waals surface area contributed by atoms with Gasteiger partial charge in [-0.05, 0) is 92.2 Å². The van der Waals surface area contributed by atoms with Crippen LogP contribution in [0.3, 0.4) is 0 Å². The molecule has 2 aliphatic heterocycles. The number of likely N-dealkylation sites (tertiary alicyclic amines) is 1. The van der Waals surface area contributed by atoms with E-state index in [9.17, 15) is 40.7 Å². The number of morpholine rings is 1. The van der Waals surface area contributed by atoms with Gasteiger partial charge in [-0.3, -0.25) is 14.4 Å². The molecular weight excluding hydrogens is 815 g/mol. The van der Waals surface area contributed by atoms with Crippen molar-refractivity contribution in [3.63, 3.8) is 0 Å². The Bertz CT molecular complexity index is 1970. The van der Waals surface area contributed by atoms with E-state index in [1.165, 1.54) is 15.4 Å². The molecule has 1 aliphatic carbocycles. The molecule has 0 aromatic heterocycles. The van der Waals surface area contributed by atoms with Crippen molar-refractivity contribution in [3.8, 4) is 0 Å². The van der Waals surface area contributed by atoms with E-state index in [2.05, 4.69) is 17.0 Å². The van der Waals surface area contributed by atoms with Crippen LogP contribution in [-0.4, -0.2) is 103 Å². The van der Waals surface area contributed by atoms with Crippen LogP contribution in [0.15, 0.2) is 60.7 Å². The average molecular weight is 859 g/mol. The smallest absolute Gasteiger partial charge is 0.416 e. The predicted molar refractivity (Wildman–Crippen MR) is 203 cm³/mol. The lowest BCUT2D eigenvalue weighted by Gasteiger charge is -2.46. The molecule has 58 heavy (non-hydrogen) atoms. The van der Waals surface area contributed by atoms with Gasteiger partial charge in [-0.2, -0.15) is 26.3 Å². The number of piperidine rings is 1. The minimum atomic E-state index is -5.12. The minimum Gasteiger partial charge on any atom is -0.481 e. The number of halogens is 8. The number of fused-ring (bicyclic) bond motifs is 2. The topological polar surface area (TPSA) is 99.6 Å². The highest BCUT2D eigenvalue weighted by Gasteiger charge is 2.50. The van der Waals surface area contributed by atoms with Gasteiger partial charge >= 0.3 is 18.3 Å². The van der Waals surface area contributed by atoms with E-state index in [0.717, 1.165) is 5.56 Å². The van der Waals surface area contributed by atoms with Gasteiger partial charge in [0.25, 0.3) is 5.91 Å². The molecule has 3 aromatic carbocycles. The van der Waals surface area contributed by atoms with Gasteiger partial charge in [0, 0.05) is 44.1 Å². The number of carbonyl (C=O) groups excluding carboxylic acids is 2. The summed E-state index contributed by atoms with van der Waals surface area (Å²) in [4.78, 5) is 42.6. The number of amides is 2. The fourth-order valence-corrected chi connectivity index (χ4v) is 8.72. The third-order valence-electron chi connectivity index (χ3n) is 11.6. The second kappa shape index (κ2) is 17.4. The number of carboxylic acids is 1. The third kappa shape index (κ3) is 9.59. The first kappa shape index (κ1) is 43.7. The number of ether oxygens (including phenoxy) is 2. The Labute approximate surface area is 341 Å². The van der Waals surface area contributed by atoms with Crippen molar-refractivity contribution < 1.29 is 55.3 Å². The van der Waals surface area contributed by atoms with E-state index >= 15 is 0 Å². The predicted octanol–water partition coefficient (Wildman–Crippen LogP) is 8.09. The number of hydrogen-bond acceptors (Lipinski definition) is 6. The fourth-order valence-electron chi connectivity index (χ4n) is 8.42. The summed E-state index contributed by atoms with van der Waals surface area (Å²) in [5.41, 5.74) is -2.66. The molecule has 314 valence electrons. The highest BCUT2D eigenvalue weighted by Crippen LogP contribution is 2.48. The molecule has 2 heterocycles. The third-order valence-corrected chi connectivity index (χ3v) is 12.4. The Hall–Kier alpha value is -3.89. The first-order chi connectivity index (χ1) is 27.3. The molecule has 0 radical (unpaired) electrons. The number of nitrogens with zero attached hydrogens (tertiary/aromatic N) is 3. The summed E-state index contributed by atoms with van der Waals surface area (Å²) >= 11 is 12.7. The SMILES string of the molecule is CN(CCCC(=O)O)C(=O)CO[C@H]1Cc2ccccc2C12CCN(CC[C@]1(c3ccc(Cl)c(Cl)c3)CN(C(=O)c3cc(C(F)(F)F)cc(C(F)(F)F)c3)CCO1)CC2. The standard InChI is InChI=1S/C41H43Cl2F6N3O6/c1-50(13-4-7-36(54)55)35(53)24-57-34-21-26-5-2-3-6-31(26)38(34)10-14-51(15-11-38)16-12-39(28-8-9-32(42)33(43)23-28)25-52(17-18-58-39)37(56)27-19-29(40(44,45)46)22-30(20-27)41(47,48)49/h2-3,5-6,8-9,19-20,22-23,34H,4,7,10-18,21,24-25H2,1H3,(H,54,55)/t34-,39+/m0/s1. The minimum absolute atomic E-state index is 0.0109. The Kier molecular flexibility index (Phi) is 13.1. The van der Waals surface area contributed by atoms with Crippen molar-refractivity contribution in [1.82, 2.24) is 14.7 Å². The second-order valence-electron chi connectivity index (χ2n) is 15.2. The molecule has 0 saturated carbocycles. The van der Waals surface area contributed by atoms with Crippen LogP contribution in [0.4, 0.5) is 26.3 Å². The Morgan fingerprint density at radius 3 is 2.24 bits per heavy atom. The number of alkyl halides is 6. The van der Waals surface area contributed by atoms with Crippen LogP contribution in [0.25, 0.3) is 0 Å². The monoisotopic (exact) mass is 857 g/mol. The molecule has 2 amide bonds. The molecule has 17 heteroatoms. The summed E-state index contributed by atoms with van der Waals surface area (Å²) in [6.07, 6.45) is -7.93. The molecule has 9 nitrogen and oxygen atoms in total. The van der Waals surface area contributed by atoms with Crippen LogP contribution in [0.1, 0.15) is 70.3 Å². The van der Waals surface area contributed by atoms with Crippen LogP contribution in [0.2, 0.25) is 10.0 Å². The lowest BCUT2D eigenvalue weighted by Crippen LogP contribution is -2.54. The van der Waals surface area contributed by atoms with Gasteiger partial charge in [-0.1, -0.05) is 53.5 Å². The second-order valence-corrected chi connectivity index (χ2v) is 16.0. The quantitative estimate of drug-likeness (QED) is 0.184. The van der Waals surface area contributed by atoms with Crippen LogP contribution in [0, 0.1) is 0 Å². The fraction of sp³-hybridized carbons (Fsp3) is 0.488. The number of carboxylic acid groups (broad SMARTS) is 1. The first-order valence-corrected chi connectivity index (χ1v) is 19.6. The van der Waals surface area contributed by atoms with Crippen molar-refractivity contribution in [2.45, 2.75) is 68.0 Å². The molecule has 0 bridgehead atoms. The molecule has 2 fully saturated rings. The highest BCUT2D eigenvalue weighted by atomic mass is 35.5. The van der Waals surface area contributed by atoms with Gasteiger partial charge in [0.1, 0.15) is 12.2 Å². The number of benzene rings is 3. The van der Waals surface area contributed by atoms with E-state index in [1.54, 1.807) is 25.2 Å². The van der Waals surface area contributed by atoms with E-state index in [0.29, 0.717) is 69.6 Å². The van der Waals surface area contributed by atoms with Crippen molar-refractivity contribution in [1.29, 1.82) is 0 Å². The number of carbonyl (C=O) groups is 3. The van der Waals surface area contributed by atoms with E-state index in [-0.39, 0.29) is 72.7 Å². The molecule has 0 unspecified atom stereocenters. The number of likely N-dealkylation sites (N-methyl/N-ethyl adjacent to an activating group) is 1. The summed E-state index contributed by atoms with van der Waals surface area (Å²) in [6, 6.07) is 13.8. The van der Waals surface area contributed by atoms with Gasteiger partial charge in [0.15, 0.2) is 0 Å². The molecule has 2 atom stereocenters. The van der Waals surface area contributed by atoms with Crippen LogP contribution >= 0.6 is 23.2 Å². The largest absolute Gasteiger partial charge is 0.481 e. The zero-order valence-corrected chi connectivity index (χ0v) is 33.1. The van der Waals surface area contributed by atoms with E-state index < -0.39 is 46.5 Å². The maximum Gasteiger partial charge on any atom is 0.416 e. The summed E-state index contributed by atoms with van der Waals surface area (Å²) in [7, 11) is 1.62. The van der Waals surface area contributed by atoms with Crippen LogP contribution in [-0.2, 0) is 48.9 Å². The number of aliphatic carboxylic acids is 1. The first-order valence-electron chi connectivity index (χ1n) is 18.9. The van der Waals surface area contributed by atoms with E-state index in [4.69, 9.17) is 37.8 Å². The summed E-state index contributed by atoms with van der Waals surface area (Å²) in [6.45, 7) is 1.54. The Balaban J connectivity index is 1.19. The van der Waals surface area contributed by atoms with Gasteiger partial charge in [-0.25, -0.2) is 0 Å². The molecule has 3 aliphatic rings. The van der Waals surface area contributed by atoms with Crippen molar-refractivity contribution >= 4 is 41.0 Å². The Morgan fingerprint density at radius 2 is 1.60 bits per heavy atom. The average Bonchev–Trinajstić information content (AvgIpc) is 3.48. The van der Waals surface area contributed by atoms with Crippen molar-refractivity contribution in [2.75, 3.05) is 59.5 Å². The normalized spacial score (nSPS) is 20.9. The maximum atomic E-state index is 13.8. The number of hydrogen-bond donors (Lipinski definition) is 1. The van der Waals surface area contributed by atoms with Crippen molar-refractivity contribution in [3.05, 3.63) is 104 Å². The molecule has 2 saturated heterocycles.